The Morgan fingerprint density at radius 2 is 2.06 bits per heavy atom. The third-order valence-corrected chi connectivity index (χ3v) is 2.43. The van der Waals surface area contributed by atoms with Crippen molar-refractivity contribution in [3.8, 4) is 0 Å². The fourth-order valence-electron chi connectivity index (χ4n) is 1.49. The second-order valence-electron chi connectivity index (χ2n) is 4.14. The van der Waals surface area contributed by atoms with Gasteiger partial charge in [0.25, 0.3) is 0 Å². The molecule has 16 heavy (non-hydrogen) atoms. The van der Waals surface area contributed by atoms with Crippen LogP contribution >= 0.6 is 0 Å². The van der Waals surface area contributed by atoms with E-state index in [1.165, 1.54) is 0 Å². The van der Waals surface area contributed by atoms with Gasteiger partial charge in [0.05, 0.1) is 11.7 Å². The Balaban J connectivity index is 2.69. The first-order valence-corrected chi connectivity index (χ1v) is 5.33. The van der Waals surface area contributed by atoms with Crippen LogP contribution in [0.25, 0.3) is 0 Å². The number of nitrogens with two attached hydrogens (primary N) is 1. The Morgan fingerprint density at radius 1 is 1.38 bits per heavy atom. The van der Waals surface area contributed by atoms with Crippen molar-refractivity contribution in [2.75, 3.05) is 0 Å². The molecule has 0 aliphatic heterocycles. The molecule has 2 atom stereocenters. The Kier molecular flexibility index (Phi) is 4.37. The number of nitrogens with zero attached hydrogens (tertiary/aromatic N) is 2. The molecule has 0 spiro atoms. The summed E-state index contributed by atoms with van der Waals surface area (Å²) in [5, 5.41) is 3.16. The molecule has 0 saturated carbocycles. The number of rotatable bonds is 5. The Labute approximate surface area is 95.5 Å². The quantitative estimate of drug-likeness (QED) is 0.766. The van der Waals surface area contributed by atoms with Crippen LogP contribution in [0.5, 0.6) is 0 Å². The van der Waals surface area contributed by atoms with Crippen molar-refractivity contribution in [3.05, 3.63) is 24.3 Å². The molecule has 2 unspecified atom stereocenters. The van der Waals surface area contributed by atoms with Crippen LogP contribution in [0.2, 0.25) is 0 Å². The molecule has 1 aromatic rings. The van der Waals surface area contributed by atoms with E-state index in [-0.39, 0.29) is 23.9 Å². The van der Waals surface area contributed by atoms with Crippen LogP contribution in [0.3, 0.4) is 0 Å². The smallest absolute Gasteiger partial charge is 0.234 e. The average Bonchev–Trinajstić information content (AvgIpc) is 2.25. The van der Waals surface area contributed by atoms with Crippen LogP contribution in [0.4, 0.5) is 0 Å². The van der Waals surface area contributed by atoms with Crippen molar-refractivity contribution in [3.63, 3.8) is 0 Å². The lowest BCUT2D eigenvalue weighted by atomic mass is 10.0. The predicted molar refractivity (Wildman–Crippen MR) is 61.4 cm³/mol. The summed E-state index contributed by atoms with van der Waals surface area (Å²) >= 11 is 0. The van der Waals surface area contributed by atoms with Crippen molar-refractivity contribution < 1.29 is 4.79 Å². The van der Waals surface area contributed by atoms with Crippen LogP contribution < -0.4 is 11.1 Å². The van der Waals surface area contributed by atoms with E-state index in [2.05, 4.69) is 15.3 Å². The third kappa shape index (κ3) is 3.27. The van der Waals surface area contributed by atoms with Gasteiger partial charge in [-0.05, 0) is 12.8 Å². The van der Waals surface area contributed by atoms with Gasteiger partial charge in [-0.25, -0.2) is 0 Å². The maximum Gasteiger partial charge on any atom is 0.234 e. The Morgan fingerprint density at radius 3 is 2.50 bits per heavy atom. The molecule has 1 heterocycles. The molecular formula is C11H18N4O. The van der Waals surface area contributed by atoms with Gasteiger partial charge in [0, 0.05) is 24.6 Å². The van der Waals surface area contributed by atoms with Crippen molar-refractivity contribution in [2.24, 2.45) is 11.7 Å². The summed E-state index contributed by atoms with van der Waals surface area (Å²) < 4.78 is 0. The minimum absolute atomic E-state index is 0.0476. The lowest BCUT2D eigenvalue weighted by Gasteiger charge is -2.23. The second kappa shape index (κ2) is 5.55. The molecule has 0 saturated heterocycles. The largest absolute Gasteiger partial charge is 0.368 e. The highest BCUT2D eigenvalue weighted by Gasteiger charge is 2.22. The minimum atomic E-state index is -0.350. The zero-order valence-corrected chi connectivity index (χ0v) is 9.84. The van der Waals surface area contributed by atoms with Crippen LogP contribution in [0.1, 0.15) is 32.5 Å². The van der Waals surface area contributed by atoms with Gasteiger partial charge in [-0.15, -0.1) is 0 Å². The van der Waals surface area contributed by atoms with Crippen molar-refractivity contribution in [1.29, 1.82) is 0 Å². The molecular weight excluding hydrogens is 204 g/mol. The van der Waals surface area contributed by atoms with Crippen molar-refractivity contribution >= 4 is 5.91 Å². The molecule has 0 fully saturated rings. The van der Waals surface area contributed by atoms with E-state index < -0.39 is 0 Å². The standard InChI is InChI=1S/C11H18N4O/c1-7(2)10(11(12)16)15-8(3)9-6-13-4-5-14-9/h4-8,10,15H,1-3H3,(H2,12,16). The summed E-state index contributed by atoms with van der Waals surface area (Å²) in [7, 11) is 0. The monoisotopic (exact) mass is 222 g/mol. The molecule has 3 N–H and O–H groups in total. The summed E-state index contributed by atoms with van der Waals surface area (Å²) in [6.07, 6.45) is 4.92. The highest BCUT2D eigenvalue weighted by atomic mass is 16.1. The topological polar surface area (TPSA) is 80.9 Å². The maximum absolute atomic E-state index is 11.2. The third-order valence-electron chi connectivity index (χ3n) is 2.43. The molecule has 1 aromatic heterocycles. The molecule has 0 aliphatic carbocycles. The van der Waals surface area contributed by atoms with Crippen molar-refractivity contribution in [2.45, 2.75) is 32.9 Å². The van der Waals surface area contributed by atoms with Gasteiger partial charge in [-0.1, -0.05) is 13.8 Å². The molecule has 88 valence electrons. The molecule has 0 radical (unpaired) electrons. The molecule has 5 nitrogen and oxygen atoms in total. The predicted octanol–water partition coefficient (Wildman–Crippen LogP) is 0.637. The molecule has 5 heteroatoms. The number of carbonyl (C=O) groups excluding carboxylic acids is 1. The van der Waals surface area contributed by atoms with E-state index in [9.17, 15) is 4.79 Å². The lowest BCUT2D eigenvalue weighted by molar-refractivity contribution is -0.121. The van der Waals surface area contributed by atoms with E-state index in [1.807, 2.05) is 20.8 Å². The zero-order valence-electron chi connectivity index (χ0n) is 9.84. The number of carbonyl (C=O) groups is 1. The van der Waals surface area contributed by atoms with Gasteiger partial charge in [0.2, 0.25) is 5.91 Å². The molecule has 0 aliphatic rings. The molecule has 1 amide bonds. The molecule has 0 bridgehead atoms. The average molecular weight is 222 g/mol. The fraction of sp³-hybridized carbons (Fsp3) is 0.545. The summed E-state index contributed by atoms with van der Waals surface area (Å²) in [5.41, 5.74) is 6.13. The first kappa shape index (κ1) is 12.6. The minimum Gasteiger partial charge on any atom is -0.368 e. The molecule has 0 aromatic carbocycles. The van der Waals surface area contributed by atoms with Crippen LogP contribution in [-0.4, -0.2) is 21.9 Å². The molecule has 1 rings (SSSR count). The number of amides is 1. The first-order chi connectivity index (χ1) is 7.52. The highest BCUT2D eigenvalue weighted by molar-refractivity contribution is 5.80. The summed E-state index contributed by atoms with van der Waals surface area (Å²) in [6, 6.07) is -0.398. The number of nitrogens with one attached hydrogen (secondary N) is 1. The van der Waals surface area contributed by atoms with E-state index in [4.69, 9.17) is 5.73 Å². The normalized spacial score (nSPS) is 14.8. The SMILES string of the molecule is CC(NC(C(N)=O)C(C)C)c1cnccn1. The van der Waals surface area contributed by atoms with Gasteiger partial charge in [0.1, 0.15) is 0 Å². The van der Waals surface area contributed by atoms with Crippen LogP contribution in [-0.2, 0) is 4.79 Å². The van der Waals surface area contributed by atoms with E-state index >= 15 is 0 Å². The number of hydrogen-bond acceptors (Lipinski definition) is 4. The van der Waals surface area contributed by atoms with Gasteiger partial charge in [-0.3, -0.25) is 20.1 Å². The van der Waals surface area contributed by atoms with Gasteiger partial charge < -0.3 is 5.73 Å². The van der Waals surface area contributed by atoms with Crippen LogP contribution in [0.15, 0.2) is 18.6 Å². The van der Waals surface area contributed by atoms with Gasteiger partial charge in [-0.2, -0.15) is 0 Å². The Bertz CT molecular complexity index is 339. The maximum atomic E-state index is 11.2. The Hall–Kier alpha value is -1.49. The number of aromatic nitrogens is 2. The number of primary amides is 1. The van der Waals surface area contributed by atoms with E-state index in [1.54, 1.807) is 18.6 Å². The van der Waals surface area contributed by atoms with E-state index in [0.29, 0.717) is 0 Å². The second-order valence-corrected chi connectivity index (χ2v) is 4.14. The van der Waals surface area contributed by atoms with Gasteiger partial charge >= 0.3 is 0 Å². The fourth-order valence-corrected chi connectivity index (χ4v) is 1.49. The zero-order chi connectivity index (χ0) is 12.1. The van der Waals surface area contributed by atoms with E-state index in [0.717, 1.165) is 5.69 Å². The van der Waals surface area contributed by atoms with Crippen LogP contribution in [0, 0.1) is 5.92 Å². The highest BCUT2D eigenvalue weighted by Crippen LogP contribution is 2.11. The summed E-state index contributed by atoms with van der Waals surface area (Å²) in [6.45, 7) is 5.83. The van der Waals surface area contributed by atoms with Crippen molar-refractivity contribution in [1.82, 2.24) is 15.3 Å². The number of hydrogen-bond donors (Lipinski definition) is 2. The lowest BCUT2D eigenvalue weighted by Crippen LogP contribution is -2.46. The first-order valence-electron chi connectivity index (χ1n) is 5.33. The summed E-state index contributed by atoms with van der Waals surface area (Å²) in [4.78, 5) is 19.4. The summed E-state index contributed by atoms with van der Waals surface area (Å²) in [5.74, 6) is -0.192. The van der Waals surface area contributed by atoms with Gasteiger partial charge in [0.15, 0.2) is 0 Å².